The van der Waals surface area contributed by atoms with E-state index < -0.39 is 0 Å². The molecule has 1 aromatic heterocycles. The zero-order chi connectivity index (χ0) is 14.5. The normalized spacial score (nSPS) is 22.1. The smallest absolute Gasteiger partial charge is 0.307 e. The van der Waals surface area contributed by atoms with Crippen LogP contribution in [0.25, 0.3) is 0 Å². The van der Waals surface area contributed by atoms with Gasteiger partial charge < -0.3 is 15.0 Å². The number of thiazole rings is 1. The van der Waals surface area contributed by atoms with E-state index >= 15 is 0 Å². The summed E-state index contributed by atoms with van der Waals surface area (Å²) < 4.78 is 1.71. The minimum Gasteiger partial charge on any atom is -0.393 e. The van der Waals surface area contributed by atoms with Gasteiger partial charge in [0, 0.05) is 30.6 Å². The van der Waals surface area contributed by atoms with Gasteiger partial charge in [-0.25, -0.2) is 0 Å². The topological polar surface area (TPSA) is 71.3 Å². The SMILES string of the molecule is Cc1csc(=O)n1CCCC(=O)NCC1CCC(O)C1. The molecule has 1 aromatic rings. The zero-order valence-electron chi connectivity index (χ0n) is 11.8. The van der Waals surface area contributed by atoms with Gasteiger partial charge in [-0.05, 0) is 38.5 Å². The van der Waals surface area contributed by atoms with Crippen LogP contribution in [0.5, 0.6) is 0 Å². The second-order valence-electron chi connectivity index (χ2n) is 5.54. The quantitative estimate of drug-likeness (QED) is 0.831. The van der Waals surface area contributed by atoms with Crippen molar-refractivity contribution in [1.29, 1.82) is 0 Å². The average molecular weight is 298 g/mol. The van der Waals surface area contributed by atoms with Gasteiger partial charge in [0.1, 0.15) is 0 Å². The highest BCUT2D eigenvalue weighted by molar-refractivity contribution is 7.07. The molecule has 2 N–H and O–H groups in total. The van der Waals surface area contributed by atoms with Crippen LogP contribution in [-0.4, -0.2) is 28.2 Å². The maximum atomic E-state index is 11.7. The van der Waals surface area contributed by atoms with E-state index in [0.717, 1.165) is 25.0 Å². The second-order valence-corrected chi connectivity index (χ2v) is 6.36. The summed E-state index contributed by atoms with van der Waals surface area (Å²) in [6, 6.07) is 0. The molecule has 1 saturated carbocycles. The van der Waals surface area contributed by atoms with Crippen LogP contribution in [-0.2, 0) is 11.3 Å². The van der Waals surface area contributed by atoms with E-state index in [1.54, 1.807) is 4.57 Å². The molecule has 1 aliphatic rings. The number of aryl methyl sites for hydroxylation is 1. The molecule has 2 rings (SSSR count). The third-order valence-corrected chi connectivity index (χ3v) is 4.74. The van der Waals surface area contributed by atoms with Gasteiger partial charge in [0.2, 0.25) is 5.91 Å². The molecule has 1 amide bonds. The van der Waals surface area contributed by atoms with Gasteiger partial charge in [-0.3, -0.25) is 9.59 Å². The van der Waals surface area contributed by atoms with E-state index in [-0.39, 0.29) is 16.9 Å². The first-order chi connectivity index (χ1) is 9.56. The highest BCUT2D eigenvalue weighted by Gasteiger charge is 2.22. The van der Waals surface area contributed by atoms with Crippen LogP contribution in [0.4, 0.5) is 0 Å². The van der Waals surface area contributed by atoms with Gasteiger partial charge in [-0.1, -0.05) is 11.3 Å². The highest BCUT2D eigenvalue weighted by atomic mass is 32.1. The number of carbonyl (C=O) groups is 1. The average Bonchev–Trinajstić information content (AvgIpc) is 2.96. The summed E-state index contributed by atoms with van der Waals surface area (Å²) in [5, 5.41) is 14.2. The molecule has 20 heavy (non-hydrogen) atoms. The third kappa shape index (κ3) is 4.18. The Morgan fingerprint density at radius 3 is 2.95 bits per heavy atom. The lowest BCUT2D eigenvalue weighted by Gasteiger charge is -2.11. The maximum Gasteiger partial charge on any atom is 0.307 e. The fourth-order valence-corrected chi connectivity index (χ4v) is 3.41. The number of rotatable bonds is 6. The van der Waals surface area contributed by atoms with Crippen molar-refractivity contribution in [3.8, 4) is 0 Å². The van der Waals surface area contributed by atoms with Crippen molar-refractivity contribution in [2.24, 2.45) is 5.92 Å². The molecule has 5 nitrogen and oxygen atoms in total. The predicted molar refractivity (Wildman–Crippen MR) is 78.9 cm³/mol. The predicted octanol–water partition coefficient (Wildman–Crippen LogP) is 1.28. The first kappa shape index (κ1) is 15.3. The number of aliphatic hydroxyl groups excluding tert-OH is 1. The Balaban J connectivity index is 1.64. The summed E-state index contributed by atoms with van der Waals surface area (Å²) in [6.45, 7) is 3.17. The molecule has 0 bridgehead atoms. The Morgan fingerprint density at radius 1 is 1.55 bits per heavy atom. The number of nitrogens with one attached hydrogen (secondary N) is 1. The van der Waals surface area contributed by atoms with Crippen molar-refractivity contribution in [2.75, 3.05) is 6.54 Å². The summed E-state index contributed by atoms with van der Waals surface area (Å²) in [5.74, 6) is 0.447. The van der Waals surface area contributed by atoms with Crippen molar-refractivity contribution in [2.45, 2.75) is 51.7 Å². The third-order valence-electron chi connectivity index (χ3n) is 3.86. The molecule has 0 aromatic carbocycles. The molecule has 1 aliphatic carbocycles. The number of amides is 1. The fraction of sp³-hybridized carbons (Fsp3) is 0.714. The van der Waals surface area contributed by atoms with Crippen molar-refractivity contribution in [3.05, 3.63) is 20.7 Å². The monoisotopic (exact) mass is 298 g/mol. The van der Waals surface area contributed by atoms with Gasteiger partial charge in [-0.15, -0.1) is 0 Å². The number of aromatic nitrogens is 1. The van der Waals surface area contributed by atoms with Crippen LogP contribution < -0.4 is 10.2 Å². The van der Waals surface area contributed by atoms with Crippen LogP contribution in [0, 0.1) is 12.8 Å². The highest BCUT2D eigenvalue weighted by Crippen LogP contribution is 2.24. The molecule has 0 spiro atoms. The molecule has 112 valence electrons. The minimum absolute atomic E-state index is 0.0346. The molecule has 6 heteroatoms. The van der Waals surface area contributed by atoms with Gasteiger partial charge in [0.15, 0.2) is 0 Å². The van der Waals surface area contributed by atoms with E-state index in [2.05, 4.69) is 5.32 Å². The van der Waals surface area contributed by atoms with Crippen LogP contribution in [0.2, 0.25) is 0 Å². The molecule has 0 aliphatic heterocycles. The first-order valence-corrected chi connectivity index (χ1v) is 8.04. The Hall–Kier alpha value is -1.14. The molecule has 2 unspecified atom stereocenters. The summed E-state index contributed by atoms with van der Waals surface area (Å²) in [7, 11) is 0. The second kappa shape index (κ2) is 7.04. The lowest BCUT2D eigenvalue weighted by molar-refractivity contribution is -0.121. The molecule has 0 radical (unpaired) electrons. The van der Waals surface area contributed by atoms with E-state index in [0.29, 0.717) is 31.8 Å². The van der Waals surface area contributed by atoms with Gasteiger partial charge in [0.05, 0.1) is 6.10 Å². The maximum absolute atomic E-state index is 11.7. The Morgan fingerprint density at radius 2 is 2.35 bits per heavy atom. The van der Waals surface area contributed by atoms with Gasteiger partial charge in [-0.2, -0.15) is 0 Å². The Bertz CT molecular complexity index is 509. The molecule has 1 heterocycles. The lowest BCUT2D eigenvalue weighted by Crippen LogP contribution is -2.28. The Kier molecular flexibility index (Phi) is 5.37. The van der Waals surface area contributed by atoms with E-state index in [1.807, 2.05) is 12.3 Å². The van der Waals surface area contributed by atoms with E-state index in [4.69, 9.17) is 0 Å². The fourth-order valence-electron chi connectivity index (χ4n) is 2.65. The molecular formula is C14H22N2O3S. The van der Waals surface area contributed by atoms with Gasteiger partial charge >= 0.3 is 4.87 Å². The van der Waals surface area contributed by atoms with Crippen molar-refractivity contribution < 1.29 is 9.90 Å². The molecular weight excluding hydrogens is 276 g/mol. The van der Waals surface area contributed by atoms with Crippen molar-refractivity contribution in [1.82, 2.24) is 9.88 Å². The van der Waals surface area contributed by atoms with Crippen LogP contribution in [0.15, 0.2) is 10.2 Å². The summed E-state index contributed by atoms with van der Waals surface area (Å²) in [5.41, 5.74) is 0.959. The molecule has 0 saturated heterocycles. The lowest BCUT2D eigenvalue weighted by atomic mass is 10.1. The van der Waals surface area contributed by atoms with E-state index in [1.165, 1.54) is 11.3 Å². The summed E-state index contributed by atoms with van der Waals surface area (Å²) in [6.07, 6.45) is 3.56. The number of aliphatic hydroxyl groups is 1. The van der Waals surface area contributed by atoms with E-state index in [9.17, 15) is 14.7 Å². The zero-order valence-corrected chi connectivity index (χ0v) is 12.6. The molecule has 1 fully saturated rings. The number of hydrogen-bond donors (Lipinski definition) is 2. The first-order valence-electron chi connectivity index (χ1n) is 7.16. The van der Waals surface area contributed by atoms with Crippen molar-refractivity contribution in [3.63, 3.8) is 0 Å². The van der Waals surface area contributed by atoms with Crippen LogP contribution >= 0.6 is 11.3 Å². The van der Waals surface area contributed by atoms with Crippen LogP contribution in [0.3, 0.4) is 0 Å². The number of nitrogens with zero attached hydrogens (tertiary/aromatic N) is 1. The summed E-state index contributed by atoms with van der Waals surface area (Å²) in [4.78, 5) is 23.3. The molecule has 2 atom stereocenters. The number of hydrogen-bond acceptors (Lipinski definition) is 4. The standard InChI is InChI=1S/C14H22N2O3S/c1-10-9-20-14(19)16(10)6-2-3-13(18)15-8-11-4-5-12(17)7-11/h9,11-12,17H,2-8H2,1H3,(H,15,18). The Labute approximate surface area is 122 Å². The number of carbonyl (C=O) groups excluding carboxylic acids is 1. The van der Waals surface area contributed by atoms with Crippen molar-refractivity contribution >= 4 is 17.2 Å². The largest absolute Gasteiger partial charge is 0.393 e. The van der Waals surface area contributed by atoms with Gasteiger partial charge in [0.25, 0.3) is 0 Å². The minimum atomic E-state index is -0.189. The van der Waals surface area contributed by atoms with Crippen LogP contribution in [0.1, 0.15) is 37.8 Å². The summed E-state index contributed by atoms with van der Waals surface area (Å²) >= 11 is 1.20.